The molecule has 2 aromatic heterocycles. The van der Waals surface area contributed by atoms with Gasteiger partial charge in [0.1, 0.15) is 12.1 Å². The third-order valence-electron chi connectivity index (χ3n) is 4.27. The minimum atomic E-state index is -0.159. The Morgan fingerprint density at radius 1 is 1.10 bits per heavy atom. The minimum absolute atomic E-state index is 0. The van der Waals surface area contributed by atoms with Gasteiger partial charge in [0.25, 0.3) is 0 Å². The number of ether oxygens (including phenoxy) is 2. The van der Waals surface area contributed by atoms with Crippen LogP contribution in [-0.2, 0) is 0 Å². The van der Waals surface area contributed by atoms with Gasteiger partial charge >= 0.3 is 0 Å². The molecule has 4 rings (SSSR count). The van der Waals surface area contributed by atoms with Crippen LogP contribution < -0.4 is 14.8 Å². The van der Waals surface area contributed by atoms with Crippen molar-refractivity contribution >= 4 is 63.5 Å². The number of halogens is 2. The quantitative estimate of drug-likeness (QED) is 0.396. The highest BCUT2D eigenvalue weighted by molar-refractivity contribution is 7.12. The number of aromatic nitrogens is 3. The number of rotatable bonds is 6. The van der Waals surface area contributed by atoms with Crippen LogP contribution in [0.2, 0.25) is 5.02 Å². The molecule has 10 heteroatoms. The van der Waals surface area contributed by atoms with E-state index in [4.69, 9.17) is 21.1 Å². The number of thiazole rings is 1. The minimum Gasteiger partial charge on any atom is -0.493 e. The lowest BCUT2D eigenvalue weighted by Crippen LogP contribution is -2.01. The van der Waals surface area contributed by atoms with Gasteiger partial charge in [-0.05, 0) is 24.3 Å². The van der Waals surface area contributed by atoms with E-state index in [1.54, 1.807) is 50.1 Å². The average Bonchev–Trinajstić information content (AvgIpc) is 3.27. The molecule has 30 heavy (non-hydrogen) atoms. The molecular weight excluding hydrogens is 447 g/mol. The van der Waals surface area contributed by atoms with Crippen LogP contribution in [0.1, 0.15) is 15.2 Å². The second-order valence-corrected chi connectivity index (χ2v) is 7.25. The molecule has 0 bridgehead atoms. The molecule has 0 fully saturated rings. The number of ketones is 1. The highest BCUT2D eigenvalue weighted by Crippen LogP contribution is 2.35. The molecule has 0 aliphatic rings. The lowest BCUT2D eigenvalue weighted by atomic mass is 10.1. The van der Waals surface area contributed by atoms with Gasteiger partial charge < -0.3 is 14.8 Å². The zero-order valence-electron chi connectivity index (χ0n) is 15.9. The van der Waals surface area contributed by atoms with Gasteiger partial charge in [-0.25, -0.2) is 9.97 Å². The van der Waals surface area contributed by atoms with E-state index >= 15 is 0 Å². The third-order valence-corrected chi connectivity index (χ3v) is 5.36. The number of carbonyl (C=O) groups excluding carboxylic acids is 1. The topological polar surface area (TPSA) is 86.2 Å². The van der Waals surface area contributed by atoms with Gasteiger partial charge in [-0.15, -0.1) is 23.7 Å². The molecule has 0 radical (unpaired) electrons. The molecule has 0 saturated heterocycles. The van der Waals surface area contributed by atoms with E-state index in [1.165, 1.54) is 23.9 Å². The number of methoxy groups -OCH3 is 2. The van der Waals surface area contributed by atoms with Crippen LogP contribution in [0, 0.1) is 0 Å². The van der Waals surface area contributed by atoms with Crippen molar-refractivity contribution in [2.45, 2.75) is 0 Å². The largest absolute Gasteiger partial charge is 0.493 e. The molecule has 0 amide bonds. The normalized spacial score (nSPS) is 10.4. The first-order chi connectivity index (χ1) is 14.1. The molecule has 0 atom stereocenters. The first-order valence-corrected chi connectivity index (χ1v) is 9.73. The van der Waals surface area contributed by atoms with Crippen LogP contribution in [0.15, 0.2) is 48.4 Å². The van der Waals surface area contributed by atoms with Crippen molar-refractivity contribution in [1.82, 2.24) is 15.0 Å². The van der Waals surface area contributed by atoms with Gasteiger partial charge in [0.05, 0.1) is 35.1 Å². The molecule has 2 aromatic carbocycles. The van der Waals surface area contributed by atoms with Crippen molar-refractivity contribution < 1.29 is 14.3 Å². The number of anilines is 2. The van der Waals surface area contributed by atoms with Gasteiger partial charge in [-0.1, -0.05) is 11.6 Å². The molecule has 4 aromatic rings. The van der Waals surface area contributed by atoms with Crippen LogP contribution in [0.25, 0.3) is 10.9 Å². The molecular formula is C20H16Cl2N4O3S. The fraction of sp³-hybridized carbons (Fsp3) is 0.100. The first kappa shape index (κ1) is 21.8. The SMILES string of the molecule is COc1cc2ncnc(Nc3ccc(C(=O)c4cncs4)c(Cl)c3)c2cc1OC.Cl. The maximum absolute atomic E-state index is 12.5. The molecule has 0 spiro atoms. The van der Waals surface area contributed by atoms with Gasteiger partial charge in [0.15, 0.2) is 11.5 Å². The zero-order chi connectivity index (χ0) is 20.4. The molecule has 154 valence electrons. The molecule has 0 aliphatic carbocycles. The second-order valence-electron chi connectivity index (χ2n) is 5.96. The Kier molecular flexibility index (Phi) is 6.71. The van der Waals surface area contributed by atoms with Gasteiger partial charge in [-0.3, -0.25) is 9.78 Å². The van der Waals surface area contributed by atoms with Crippen LogP contribution in [-0.4, -0.2) is 35.0 Å². The maximum atomic E-state index is 12.5. The Bertz CT molecular complexity index is 1200. The van der Waals surface area contributed by atoms with Crippen molar-refractivity contribution in [1.29, 1.82) is 0 Å². The lowest BCUT2D eigenvalue weighted by molar-refractivity contribution is 0.104. The van der Waals surface area contributed by atoms with E-state index < -0.39 is 0 Å². The van der Waals surface area contributed by atoms with Gasteiger partial charge in [0.2, 0.25) is 5.78 Å². The van der Waals surface area contributed by atoms with E-state index in [0.29, 0.717) is 44.0 Å². The van der Waals surface area contributed by atoms with E-state index in [0.717, 1.165) is 5.39 Å². The van der Waals surface area contributed by atoms with Crippen LogP contribution in [0.3, 0.4) is 0 Å². The van der Waals surface area contributed by atoms with Crippen LogP contribution in [0.4, 0.5) is 11.5 Å². The monoisotopic (exact) mass is 462 g/mol. The third kappa shape index (κ3) is 4.16. The summed E-state index contributed by atoms with van der Waals surface area (Å²) in [6.07, 6.45) is 2.99. The molecule has 1 N–H and O–H groups in total. The van der Waals surface area contributed by atoms with E-state index in [2.05, 4.69) is 20.3 Å². The lowest BCUT2D eigenvalue weighted by Gasteiger charge is -2.12. The van der Waals surface area contributed by atoms with Crippen molar-refractivity contribution in [3.05, 3.63) is 63.8 Å². The second kappa shape index (κ2) is 9.25. The summed E-state index contributed by atoms with van der Waals surface area (Å²) in [5, 5.41) is 4.32. The summed E-state index contributed by atoms with van der Waals surface area (Å²) in [5.41, 5.74) is 3.41. The molecule has 0 aliphatic heterocycles. The summed E-state index contributed by atoms with van der Waals surface area (Å²) in [5.74, 6) is 1.57. The summed E-state index contributed by atoms with van der Waals surface area (Å²) < 4.78 is 10.7. The fourth-order valence-corrected chi connectivity index (χ4v) is 3.70. The highest BCUT2D eigenvalue weighted by atomic mass is 35.5. The summed E-state index contributed by atoms with van der Waals surface area (Å²) in [7, 11) is 3.14. The van der Waals surface area contributed by atoms with Crippen LogP contribution in [0.5, 0.6) is 11.5 Å². The van der Waals surface area contributed by atoms with Crippen molar-refractivity contribution in [3.63, 3.8) is 0 Å². The fourth-order valence-electron chi connectivity index (χ4n) is 2.86. The number of nitrogens with one attached hydrogen (secondary N) is 1. The zero-order valence-corrected chi connectivity index (χ0v) is 18.3. The summed E-state index contributed by atoms with van der Waals surface area (Å²) >= 11 is 7.64. The average molecular weight is 463 g/mol. The number of nitrogens with zero attached hydrogens (tertiary/aromatic N) is 3. The number of fused-ring (bicyclic) bond motifs is 1. The predicted molar refractivity (Wildman–Crippen MR) is 120 cm³/mol. The Morgan fingerprint density at radius 3 is 2.53 bits per heavy atom. The Morgan fingerprint density at radius 2 is 1.87 bits per heavy atom. The number of carbonyl (C=O) groups is 1. The van der Waals surface area contributed by atoms with E-state index in [-0.39, 0.29) is 18.2 Å². The molecule has 0 unspecified atom stereocenters. The number of hydrogen-bond donors (Lipinski definition) is 1. The molecule has 7 nitrogen and oxygen atoms in total. The summed E-state index contributed by atoms with van der Waals surface area (Å²) in [4.78, 5) is 25.6. The number of benzene rings is 2. The smallest absolute Gasteiger partial charge is 0.206 e. The standard InChI is InChI=1S/C20H15ClN4O3S.ClH/c1-27-16-6-13-15(7-17(16)28-2)23-9-24-20(13)25-11-3-4-12(14(21)5-11)19(26)18-8-22-10-29-18;/h3-10H,1-2H3,(H,23,24,25);1H. The Balaban J connectivity index is 0.00000256. The Hall–Kier alpha value is -2.94. The van der Waals surface area contributed by atoms with Gasteiger partial charge in [-0.2, -0.15) is 0 Å². The molecule has 2 heterocycles. The maximum Gasteiger partial charge on any atom is 0.206 e. The summed E-state index contributed by atoms with van der Waals surface area (Å²) in [6, 6.07) is 8.73. The number of hydrogen-bond acceptors (Lipinski definition) is 8. The van der Waals surface area contributed by atoms with Crippen LogP contribution >= 0.6 is 35.3 Å². The van der Waals surface area contributed by atoms with Crippen molar-refractivity contribution in [2.75, 3.05) is 19.5 Å². The highest BCUT2D eigenvalue weighted by Gasteiger charge is 2.16. The molecule has 0 saturated carbocycles. The first-order valence-electron chi connectivity index (χ1n) is 8.47. The van der Waals surface area contributed by atoms with Gasteiger partial charge in [0, 0.05) is 28.9 Å². The van der Waals surface area contributed by atoms with Crippen molar-refractivity contribution in [2.24, 2.45) is 0 Å². The predicted octanol–water partition coefficient (Wildman–Crippen LogP) is 5.15. The van der Waals surface area contributed by atoms with Crippen molar-refractivity contribution in [3.8, 4) is 11.5 Å². The van der Waals surface area contributed by atoms with E-state index in [1.807, 2.05) is 0 Å². The van der Waals surface area contributed by atoms with E-state index in [9.17, 15) is 4.79 Å². The Labute approximate surface area is 187 Å². The summed E-state index contributed by atoms with van der Waals surface area (Å²) in [6.45, 7) is 0.